The van der Waals surface area contributed by atoms with Gasteiger partial charge in [-0.3, -0.25) is 15.2 Å². The maximum absolute atomic E-state index is 13.2. The molecule has 5 rings (SSSR count). The maximum Gasteiger partial charge on any atom is 0.410 e. The van der Waals surface area contributed by atoms with Gasteiger partial charge in [0.25, 0.3) is 10.0 Å². The van der Waals surface area contributed by atoms with Crippen LogP contribution in [-0.4, -0.2) is 87.5 Å². The number of hydrogen-bond donors (Lipinski definition) is 3. The molecule has 0 spiro atoms. The van der Waals surface area contributed by atoms with Gasteiger partial charge in [0.2, 0.25) is 0 Å². The average Bonchev–Trinajstić information content (AvgIpc) is 3.28. The number of rotatable bonds is 8. The van der Waals surface area contributed by atoms with E-state index in [0.717, 1.165) is 45.0 Å². The Balaban J connectivity index is 1.23. The van der Waals surface area contributed by atoms with Crippen molar-refractivity contribution in [1.29, 1.82) is 0 Å². The number of sulfonamides is 1. The summed E-state index contributed by atoms with van der Waals surface area (Å²) < 4.78 is 27.9. The van der Waals surface area contributed by atoms with Crippen molar-refractivity contribution >= 4 is 49.3 Å². The molecule has 40 heavy (non-hydrogen) atoms. The molecule has 1 unspecified atom stereocenters. The van der Waals surface area contributed by atoms with Crippen molar-refractivity contribution < 1.29 is 18.3 Å². The van der Waals surface area contributed by atoms with Crippen LogP contribution in [-0.2, 0) is 10.0 Å². The van der Waals surface area contributed by atoms with Crippen LogP contribution in [0.4, 0.5) is 15.7 Å². The molecule has 14 heteroatoms. The zero-order chi connectivity index (χ0) is 28.4. The Morgan fingerprint density at radius 1 is 1.07 bits per heavy atom. The minimum atomic E-state index is -3.77. The first-order valence-corrected chi connectivity index (χ1v) is 15.0. The highest BCUT2D eigenvalue weighted by atomic mass is 32.2. The molecule has 1 atom stereocenters. The van der Waals surface area contributed by atoms with E-state index in [1.807, 2.05) is 43.3 Å². The number of carboxylic acid groups (broad SMARTS) is 1. The maximum atomic E-state index is 13.2. The second-order valence-corrected chi connectivity index (χ2v) is 12.8. The van der Waals surface area contributed by atoms with Crippen LogP contribution in [0.15, 0.2) is 46.9 Å². The number of carbonyl (C=O) groups is 1. The van der Waals surface area contributed by atoms with E-state index < -0.39 is 16.1 Å². The predicted octanol–water partition coefficient (Wildman–Crippen LogP) is 3.66. The van der Waals surface area contributed by atoms with Gasteiger partial charge in [-0.1, -0.05) is 29.5 Å². The van der Waals surface area contributed by atoms with Gasteiger partial charge in [0.05, 0.1) is 16.9 Å². The summed E-state index contributed by atoms with van der Waals surface area (Å²) in [5, 5.41) is 15.5. The van der Waals surface area contributed by atoms with Gasteiger partial charge in [0, 0.05) is 55.4 Å². The van der Waals surface area contributed by atoms with Crippen LogP contribution < -0.4 is 10.6 Å². The first-order chi connectivity index (χ1) is 19.1. The molecular formula is C26H30N8O4S2. The Morgan fingerprint density at radius 2 is 1.82 bits per heavy atom. The molecule has 0 saturated carbocycles. The summed E-state index contributed by atoms with van der Waals surface area (Å²) in [4.78, 5) is 30.9. The number of amides is 1. The first kappa shape index (κ1) is 27.8. The normalized spacial score (nSPS) is 15.7. The van der Waals surface area contributed by atoms with Crippen molar-refractivity contribution in [1.82, 2.24) is 29.1 Å². The molecule has 0 aliphatic carbocycles. The number of aryl methyl sites for hydroxylation is 2. The lowest BCUT2D eigenvalue weighted by molar-refractivity contribution is 0.184. The average molecular weight is 583 g/mol. The zero-order valence-electron chi connectivity index (χ0n) is 22.3. The van der Waals surface area contributed by atoms with Crippen molar-refractivity contribution in [2.24, 2.45) is 0 Å². The molecule has 4 heterocycles. The molecule has 0 radical (unpaired) electrons. The van der Waals surface area contributed by atoms with Crippen LogP contribution in [0, 0.1) is 13.8 Å². The van der Waals surface area contributed by atoms with Crippen LogP contribution in [0.1, 0.15) is 18.3 Å². The summed E-state index contributed by atoms with van der Waals surface area (Å²) in [5.74, 6) is 0.736. The predicted molar refractivity (Wildman–Crippen MR) is 154 cm³/mol. The third-order valence-electron chi connectivity index (χ3n) is 6.62. The second-order valence-electron chi connectivity index (χ2n) is 9.66. The summed E-state index contributed by atoms with van der Waals surface area (Å²) in [6, 6.07) is 11.9. The van der Waals surface area contributed by atoms with Gasteiger partial charge in [-0.2, -0.15) is 4.31 Å². The van der Waals surface area contributed by atoms with E-state index in [1.54, 1.807) is 13.3 Å². The number of thiazole rings is 1. The third kappa shape index (κ3) is 5.89. The van der Waals surface area contributed by atoms with E-state index in [1.165, 1.54) is 4.31 Å². The van der Waals surface area contributed by atoms with Crippen molar-refractivity contribution in [2.75, 3.05) is 43.4 Å². The van der Waals surface area contributed by atoms with Gasteiger partial charge in [0.15, 0.2) is 9.34 Å². The highest BCUT2D eigenvalue weighted by Crippen LogP contribution is 2.31. The molecule has 12 nitrogen and oxygen atoms in total. The van der Waals surface area contributed by atoms with E-state index in [9.17, 15) is 13.2 Å². The molecule has 1 amide bonds. The quantitative estimate of drug-likeness (QED) is 0.280. The van der Waals surface area contributed by atoms with Gasteiger partial charge in [-0.15, -0.1) is 0 Å². The van der Waals surface area contributed by atoms with E-state index in [0.29, 0.717) is 32.7 Å². The zero-order valence-corrected chi connectivity index (χ0v) is 24.0. The van der Waals surface area contributed by atoms with Gasteiger partial charge in [0.1, 0.15) is 12.1 Å². The number of aromatic nitrogens is 4. The SMILES string of the molecule is Cc1cccc(-c2cccc3c(NC(C)CN4CCN(S(=O)(=O)c5sc(NC(=O)O)nc5C)CC4)ncnc23)n1. The number of nitrogens with zero attached hydrogens (tertiary/aromatic N) is 6. The highest BCUT2D eigenvalue weighted by Gasteiger charge is 2.32. The molecule has 210 valence electrons. The Hall–Kier alpha value is -3.72. The molecular weight excluding hydrogens is 552 g/mol. The van der Waals surface area contributed by atoms with Gasteiger partial charge in [-0.25, -0.2) is 28.2 Å². The fraction of sp³-hybridized carbons (Fsp3) is 0.346. The standard InChI is InChI=1S/C26H30N8O4S2/c1-16-6-4-9-21(29-16)19-7-5-8-20-22(19)27-15-28-23(20)30-17(2)14-33-10-12-34(13-11-33)40(37,38)24-18(3)31-25(39-24)32-26(35)36/h4-9,15,17H,10-14H2,1-3H3,(H,31,32)(H,35,36)(H,27,28,30). The minimum Gasteiger partial charge on any atom is -0.465 e. The fourth-order valence-corrected chi connectivity index (χ4v) is 7.77. The smallest absolute Gasteiger partial charge is 0.410 e. The van der Waals surface area contributed by atoms with Crippen LogP contribution >= 0.6 is 11.3 Å². The number of para-hydroxylation sites is 1. The number of anilines is 2. The van der Waals surface area contributed by atoms with Gasteiger partial charge < -0.3 is 10.4 Å². The van der Waals surface area contributed by atoms with Crippen LogP contribution in [0.5, 0.6) is 0 Å². The monoisotopic (exact) mass is 582 g/mol. The summed E-state index contributed by atoms with van der Waals surface area (Å²) >= 11 is 0.830. The lowest BCUT2D eigenvalue weighted by Crippen LogP contribution is -2.50. The van der Waals surface area contributed by atoms with E-state index in [2.05, 4.69) is 42.4 Å². The third-order valence-corrected chi connectivity index (χ3v) is 10.2. The van der Waals surface area contributed by atoms with Gasteiger partial charge >= 0.3 is 6.09 Å². The van der Waals surface area contributed by atoms with E-state index in [4.69, 9.17) is 5.11 Å². The highest BCUT2D eigenvalue weighted by molar-refractivity contribution is 7.91. The Kier molecular flexibility index (Phi) is 7.94. The van der Waals surface area contributed by atoms with Crippen molar-refractivity contribution in [2.45, 2.75) is 31.0 Å². The molecule has 4 aromatic rings. The lowest BCUT2D eigenvalue weighted by Gasteiger charge is -2.35. The summed E-state index contributed by atoms with van der Waals surface area (Å²) in [5.41, 5.74) is 3.85. The lowest BCUT2D eigenvalue weighted by atomic mass is 10.1. The van der Waals surface area contributed by atoms with E-state index >= 15 is 0 Å². The first-order valence-electron chi connectivity index (χ1n) is 12.8. The number of nitrogens with one attached hydrogen (secondary N) is 2. The van der Waals surface area contributed by atoms with Crippen LogP contribution in [0.3, 0.4) is 0 Å². The van der Waals surface area contributed by atoms with Gasteiger partial charge in [-0.05, 0) is 39.0 Å². The number of fused-ring (bicyclic) bond motifs is 1. The topological polar surface area (TPSA) is 154 Å². The number of pyridine rings is 1. The number of piperazine rings is 1. The largest absolute Gasteiger partial charge is 0.465 e. The summed E-state index contributed by atoms with van der Waals surface area (Å²) in [7, 11) is -3.77. The fourth-order valence-electron chi connectivity index (χ4n) is 4.81. The molecule has 1 aliphatic heterocycles. The number of hydrogen-bond acceptors (Lipinski definition) is 10. The van der Waals surface area contributed by atoms with E-state index in [-0.39, 0.29) is 21.1 Å². The van der Waals surface area contributed by atoms with Crippen molar-refractivity contribution in [3.8, 4) is 11.3 Å². The second kappa shape index (κ2) is 11.4. The molecule has 1 aliphatic rings. The van der Waals surface area contributed by atoms with Crippen molar-refractivity contribution in [3.05, 3.63) is 54.1 Å². The summed E-state index contributed by atoms with van der Waals surface area (Å²) in [6.07, 6.45) is 0.270. The molecule has 0 bridgehead atoms. The molecule has 3 aromatic heterocycles. The number of benzene rings is 1. The summed E-state index contributed by atoms with van der Waals surface area (Å²) in [6.45, 7) is 8.09. The minimum absolute atomic E-state index is 0.0374. The molecule has 1 saturated heterocycles. The molecule has 1 aromatic carbocycles. The van der Waals surface area contributed by atoms with Crippen LogP contribution in [0.25, 0.3) is 22.2 Å². The molecule has 3 N–H and O–H groups in total. The Bertz CT molecular complexity index is 1650. The Labute approximate surface area is 236 Å². The van der Waals surface area contributed by atoms with Crippen molar-refractivity contribution in [3.63, 3.8) is 0 Å². The Morgan fingerprint density at radius 3 is 2.55 bits per heavy atom. The van der Waals surface area contributed by atoms with Crippen LogP contribution in [0.2, 0.25) is 0 Å². The molecule has 1 fully saturated rings.